The molecule has 21 heavy (non-hydrogen) atoms. The summed E-state index contributed by atoms with van der Waals surface area (Å²) in [6, 6.07) is 4.52. The molecule has 4 heteroatoms. The predicted molar refractivity (Wildman–Crippen MR) is 86.0 cm³/mol. The zero-order valence-corrected chi connectivity index (χ0v) is 13.7. The van der Waals surface area contributed by atoms with E-state index in [9.17, 15) is 0 Å². The molecule has 4 nitrogen and oxygen atoms in total. The number of fused-ring (bicyclic) bond motifs is 1. The Bertz CT molecular complexity index is 474. The maximum atomic E-state index is 6.15. The minimum absolute atomic E-state index is 0.289. The Morgan fingerprint density at radius 3 is 2.33 bits per heavy atom. The SMILES string of the molecule is COc1cc2c(cc1OC)CN(CCC(N)C(C)C)CC2. The molecule has 1 unspecified atom stereocenters. The molecule has 0 amide bonds. The number of rotatable bonds is 6. The van der Waals surface area contributed by atoms with Crippen LogP contribution in [0, 0.1) is 5.92 Å². The summed E-state index contributed by atoms with van der Waals surface area (Å²) >= 11 is 0. The normalized spacial score (nSPS) is 16.7. The number of benzene rings is 1. The molecule has 0 aliphatic carbocycles. The molecule has 0 saturated carbocycles. The first kappa shape index (κ1) is 16.1. The van der Waals surface area contributed by atoms with Crippen molar-refractivity contribution in [1.82, 2.24) is 4.90 Å². The van der Waals surface area contributed by atoms with Crippen molar-refractivity contribution in [1.29, 1.82) is 0 Å². The van der Waals surface area contributed by atoms with Crippen LogP contribution >= 0.6 is 0 Å². The molecule has 0 bridgehead atoms. The Balaban J connectivity index is 2.03. The Kier molecular flexibility index (Phi) is 5.48. The number of nitrogens with zero attached hydrogens (tertiary/aromatic N) is 1. The summed E-state index contributed by atoms with van der Waals surface area (Å²) in [5.41, 5.74) is 8.87. The van der Waals surface area contributed by atoms with Gasteiger partial charge in [-0.25, -0.2) is 0 Å². The first-order valence-electron chi connectivity index (χ1n) is 7.76. The van der Waals surface area contributed by atoms with Crippen molar-refractivity contribution in [3.63, 3.8) is 0 Å². The lowest BCUT2D eigenvalue weighted by atomic mass is 9.97. The van der Waals surface area contributed by atoms with Gasteiger partial charge in [-0.3, -0.25) is 4.90 Å². The van der Waals surface area contributed by atoms with Crippen molar-refractivity contribution < 1.29 is 9.47 Å². The molecule has 1 aliphatic rings. The van der Waals surface area contributed by atoms with Gasteiger partial charge in [-0.2, -0.15) is 0 Å². The molecular formula is C17H28N2O2. The molecular weight excluding hydrogens is 264 g/mol. The third kappa shape index (κ3) is 3.89. The van der Waals surface area contributed by atoms with Crippen LogP contribution in [0.4, 0.5) is 0 Å². The quantitative estimate of drug-likeness (QED) is 0.875. The highest BCUT2D eigenvalue weighted by atomic mass is 16.5. The molecule has 2 N–H and O–H groups in total. The van der Waals surface area contributed by atoms with Crippen LogP contribution in [0.2, 0.25) is 0 Å². The molecule has 0 radical (unpaired) electrons. The summed E-state index contributed by atoms with van der Waals surface area (Å²) in [7, 11) is 3.37. The highest BCUT2D eigenvalue weighted by molar-refractivity contribution is 5.48. The van der Waals surface area contributed by atoms with Gasteiger partial charge < -0.3 is 15.2 Å². The van der Waals surface area contributed by atoms with E-state index >= 15 is 0 Å². The lowest BCUT2D eigenvalue weighted by molar-refractivity contribution is 0.235. The summed E-state index contributed by atoms with van der Waals surface area (Å²) < 4.78 is 10.8. The Labute approximate surface area is 128 Å². The van der Waals surface area contributed by atoms with Gasteiger partial charge in [0.25, 0.3) is 0 Å². The van der Waals surface area contributed by atoms with Gasteiger partial charge >= 0.3 is 0 Å². The van der Waals surface area contributed by atoms with Gasteiger partial charge in [0.1, 0.15) is 0 Å². The molecule has 1 aliphatic heterocycles. The highest BCUT2D eigenvalue weighted by Gasteiger charge is 2.20. The molecule has 1 atom stereocenters. The van der Waals surface area contributed by atoms with E-state index in [2.05, 4.69) is 30.9 Å². The van der Waals surface area contributed by atoms with Crippen LogP contribution in [-0.2, 0) is 13.0 Å². The number of hydrogen-bond donors (Lipinski definition) is 1. The second-order valence-corrected chi connectivity index (χ2v) is 6.20. The van der Waals surface area contributed by atoms with E-state index in [0.717, 1.165) is 44.0 Å². The fourth-order valence-corrected chi connectivity index (χ4v) is 2.80. The third-order valence-electron chi connectivity index (χ3n) is 4.43. The van der Waals surface area contributed by atoms with E-state index in [-0.39, 0.29) is 6.04 Å². The molecule has 2 rings (SSSR count). The summed E-state index contributed by atoms with van der Waals surface area (Å²) in [6.45, 7) is 7.50. The first-order chi connectivity index (χ1) is 10.0. The van der Waals surface area contributed by atoms with Gasteiger partial charge in [-0.1, -0.05) is 13.8 Å². The van der Waals surface area contributed by atoms with Crippen molar-refractivity contribution in [2.24, 2.45) is 11.7 Å². The molecule has 0 aromatic heterocycles. The third-order valence-corrected chi connectivity index (χ3v) is 4.43. The Hall–Kier alpha value is -1.26. The largest absolute Gasteiger partial charge is 0.493 e. The van der Waals surface area contributed by atoms with E-state index < -0.39 is 0 Å². The highest BCUT2D eigenvalue weighted by Crippen LogP contribution is 2.33. The van der Waals surface area contributed by atoms with Crippen LogP contribution in [0.1, 0.15) is 31.4 Å². The summed E-state index contributed by atoms with van der Waals surface area (Å²) in [5, 5.41) is 0. The van der Waals surface area contributed by atoms with Crippen molar-refractivity contribution in [3.8, 4) is 11.5 Å². The average Bonchev–Trinajstić information content (AvgIpc) is 2.50. The first-order valence-corrected chi connectivity index (χ1v) is 7.76. The summed E-state index contributed by atoms with van der Waals surface area (Å²) in [6.07, 6.45) is 2.12. The van der Waals surface area contributed by atoms with Gasteiger partial charge in [0.2, 0.25) is 0 Å². The standard InChI is InChI=1S/C17H28N2O2/c1-12(2)15(18)6-8-19-7-5-13-9-16(20-3)17(21-4)10-14(13)11-19/h9-10,12,15H,5-8,11,18H2,1-4H3. The second kappa shape index (κ2) is 7.14. The Morgan fingerprint density at radius 2 is 1.76 bits per heavy atom. The van der Waals surface area contributed by atoms with Crippen LogP contribution in [-0.4, -0.2) is 38.3 Å². The maximum absolute atomic E-state index is 6.15. The smallest absolute Gasteiger partial charge is 0.161 e. The lowest BCUT2D eigenvalue weighted by Gasteiger charge is -2.30. The summed E-state index contributed by atoms with van der Waals surface area (Å²) in [5.74, 6) is 2.19. The monoisotopic (exact) mass is 292 g/mol. The van der Waals surface area contributed by atoms with E-state index in [1.54, 1.807) is 14.2 Å². The van der Waals surface area contributed by atoms with Gasteiger partial charge in [-0.15, -0.1) is 0 Å². The second-order valence-electron chi connectivity index (χ2n) is 6.20. The number of ether oxygens (including phenoxy) is 2. The van der Waals surface area contributed by atoms with Crippen molar-refractivity contribution in [2.45, 2.75) is 39.3 Å². The minimum atomic E-state index is 0.289. The van der Waals surface area contributed by atoms with Crippen LogP contribution in [0.25, 0.3) is 0 Å². The number of hydrogen-bond acceptors (Lipinski definition) is 4. The van der Waals surface area contributed by atoms with Gasteiger partial charge in [-0.05, 0) is 48.6 Å². The zero-order chi connectivity index (χ0) is 15.4. The summed E-state index contributed by atoms with van der Waals surface area (Å²) in [4.78, 5) is 2.48. The molecule has 1 aromatic rings. The molecule has 1 heterocycles. The number of nitrogens with two attached hydrogens (primary N) is 1. The van der Waals surface area contributed by atoms with Crippen molar-refractivity contribution in [2.75, 3.05) is 27.3 Å². The predicted octanol–water partition coefficient (Wildman–Crippen LogP) is 2.44. The van der Waals surface area contributed by atoms with Gasteiger partial charge in [0.15, 0.2) is 11.5 Å². The maximum Gasteiger partial charge on any atom is 0.161 e. The fourth-order valence-electron chi connectivity index (χ4n) is 2.80. The van der Waals surface area contributed by atoms with Crippen molar-refractivity contribution in [3.05, 3.63) is 23.3 Å². The van der Waals surface area contributed by atoms with E-state index in [4.69, 9.17) is 15.2 Å². The molecule has 1 aromatic carbocycles. The average molecular weight is 292 g/mol. The van der Waals surface area contributed by atoms with Crippen LogP contribution < -0.4 is 15.2 Å². The minimum Gasteiger partial charge on any atom is -0.493 e. The molecule has 0 fully saturated rings. The van der Waals surface area contributed by atoms with Crippen molar-refractivity contribution >= 4 is 0 Å². The van der Waals surface area contributed by atoms with E-state index in [0.29, 0.717) is 5.92 Å². The Morgan fingerprint density at radius 1 is 1.14 bits per heavy atom. The van der Waals surface area contributed by atoms with Crippen LogP contribution in [0.15, 0.2) is 12.1 Å². The van der Waals surface area contributed by atoms with Crippen LogP contribution in [0.5, 0.6) is 11.5 Å². The van der Waals surface area contributed by atoms with Gasteiger partial charge in [0.05, 0.1) is 14.2 Å². The lowest BCUT2D eigenvalue weighted by Crippen LogP contribution is -2.36. The molecule has 0 spiro atoms. The van der Waals surface area contributed by atoms with Gasteiger partial charge in [0, 0.05) is 19.1 Å². The van der Waals surface area contributed by atoms with E-state index in [1.807, 2.05) is 0 Å². The topological polar surface area (TPSA) is 47.7 Å². The fraction of sp³-hybridized carbons (Fsp3) is 0.647. The number of methoxy groups -OCH3 is 2. The molecule has 0 saturated heterocycles. The zero-order valence-electron chi connectivity index (χ0n) is 13.7. The van der Waals surface area contributed by atoms with E-state index in [1.165, 1.54) is 11.1 Å². The van der Waals surface area contributed by atoms with Crippen LogP contribution in [0.3, 0.4) is 0 Å². The molecule has 118 valence electrons.